The van der Waals surface area contributed by atoms with Crippen LogP contribution in [0.25, 0.3) is 0 Å². The summed E-state index contributed by atoms with van der Waals surface area (Å²) in [6, 6.07) is 0. The first-order valence-electron chi connectivity index (χ1n) is 6.12. The molecule has 2 amide bonds. The Labute approximate surface area is 121 Å². The van der Waals surface area contributed by atoms with Gasteiger partial charge in [-0.1, -0.05) is 0 Å². The highest BCUT2D eigenvalue weighted by atomic mass is 16.9. The van der Waals surface area contributed by atoms with Gasteiger partial charge in [-0.2, -0.15) is 0 Å². The second-order valence-corrected chi connectivity index (χ2v) is 5.15. The van der Waals surface area contributed by atoms with Gasteiger partial charge in [0.05, 0.1) is 0 Å². The average molecular weight is 299 g/mol. The Morgan fingerprint density at radius 3 is 2.62 bits per heavy atom. The number of alkyl carbamates (subject to hydrolysis) is 1. The summed E-state index contributed by atoms with van der Waals surface area (Å²) in [6.07, 6.45) is 3.86. The van der Waals surface area contributed by atoms with E-state index in [-0.39, 0.29) is 6.54 Å². The fourth-order valence-electron chi connectivity index (χ4n) is 1.39. The van der Waals surface area contributed by atoms with Crippen LogP contribution in [0, 0.1) is 10.1 Å². The molecule has 1 aliphatic heterocycles. The number of carbonyl (C=O) groups is 2. The van der Waals surface area contributed by atoms with Crippen molar-refractivity contribution >= 4 is 12.0 Å². The van der Waals surface area contributed by atoms with Crippen LogP contribution in [0.15, 0.2) is 24.0 Å². The van der Waals surface area contributed by atoms with Gasteiger partial charge in [0.1, 0.15) is 5.60 Å². The standard InChI is InChI=1S/C12H17N3O6/c1-12(2,3)21-11(17)13-9-4-6-14(7-5-9)10(16)8-20-15(18)19/h4-6H,7-8H2,1-3H3,(H,13,17). The van der Waals surface area contributed by atoms with Crippen LogP contribution in [-0.2, 0) is 14.4 Å². The minimum atomic E-state index is -1.03. The predicted octanol–water partition coefficient (Wildman–Crippen LogP) is 0.959. The Bertz CT molecular complexity index is 492. The molecule has 21 heavy (non-hydrogen) atoms. The third-order valence-corrected chi connectivity index (χ3v) is 2.20. The molecule has 0 aliphatic carbocycles. The van der Waals surface area contributed by atoms with Gasteiger partial charge >= 0.3 is 6.09 Å². The van der Waals surface area contributed by atoms with Crippen molar-refractivity contribution in [2.45, 2.75) is 26.4 Å². The zero-order valence-electron chi connectivity index (χ0n) is 12.0. The van der Waals surface area contributed by atoms with E-state index in [9.17, 15) is 19.7 Å². The molecule has 0 radical (unpaired) electrons. The van der Waals surface area contributed by atoms with Crippen molar-refractivity contribution in [2.24, 2.45) is 0 Å². The van der Waals surface area contributed by atoms with Crippen LogP contribution in [0.2, 0.25) is 0 Å². The summed E-state index contributed by atoms with van der Waals surface area (Å²) in [7, 11) is 0. The largest absolute Gasteiger partial charge is 0.444 e. The van der Waals surface area contributed by atoms with E-state index in [1.807, 2.05) is 0 Å². The highest BCUT2D eigenvalue weighted by Crippen LogP contribution is 2.09. The lowest BCUT2D eigenvalue weighted by Gasteiger charge is -2.22. The molecule has 0 spiro atoms. The normalized spacial score (nSPS) is 14.2. The number of amides is 2. The van der Waals surface area contributed by atoms with Crippen LogP contribution in [0.5, 0.6) is 0 Å². The highest BCUT2D eigenvalue weighted by molar-refractivity contribution is 5.79. The van der Waals surface area contributed by atoms with Crippen molar-refractivity contribution in [3.8, 4) is 0 Å². The minimum absolute atomic E-state index is 0.168. The van der Waals surface area contributed by atoms with Crippen molar-refractivity contribution in [1.29, 1.82) is 0 Å². The zero-order valence-corrected chi connectivity index (χ0v) is 12.0. The molecule has 1 rings (SSSR count). The Balaban J connectivity index is 2.44. The molecule has 0 bridgehead atoms. The van der Waals surface area contributed by atoms with Gasteiger partial charge in [0.2, 0.25) is 0 Å². The molecule has 0 saturated heterocycles. The third-order valence-electron chi connectivity index (χ3n) is 2.20. The average Bonchev–Trinajstić information content (AvgIpc) is 2.34. The van der Waals surface area contributed by atoms with Gasteiger partial charge in [-0.3, -0.25) is 10.1 Å². The maximum absolute atomic E-state index is 11.5. The zero-order chi connectivity index (χ0) is 16.0. The van der Waals surface area contributed by atoms with E-state index in [0.29, 0.717) is 5.70 Å². The third kappa shape index (κ3) is 6.41. The quantitative estimate of drug-likeness (QED) is 0.611. The van der Waals surface area contributed by atoms with Gasteiger partial charge in [-0.05, 0) is 32.9 Å². The number of nitrogens with one attached hydrogen (secondary N) is 1. The monoisotopic (exact) mass is 299 g/mol. The second-order valence-electron chi connectivity index (χ2n) is 5.15. The van der Waals surface area contributed by atoms with Crippen molar-refractivity contribution in [3.63, 3.8) is 0 Å². The lowest BCUT2D eigenvalue weighted by Crippen LogP contribution is -2.35. The summed E-state index contributed by atoms with van der Waals surface area (Å²) in [4.78, 5) is 38.3. The van der Waals surface area contributed by atoms with E-state index < -0.39 is 29.3 Å². The summed E-state index contributed by atoms with van der Waals surface area (Å²) < 4.78 is 5.08. The van der Waals surface area contributed by atoms with Crippen LogP contribution in [0.4, 0.5) is 4.79 Å². The van der Waals surface area contributed by atoms with Gasteiger partial charge in [-0.25, -0.2) is 4.79 Å². The summed E-state index contributed by atoms with van der Waals surface area (Å²) >= 11 is 0. The number of allylic oxidation sites excluding steroid dienone is 1. The number of rotatable bonds is 4. The van der Waals surface area contributed by atoms with Crippen LogP contribution in [0.3, 0.4) is 0 Å². The topological polar surface area (TPSA) is 111 Å². The van der Waals surface area contributed by atoms with E-state index in [1.165, 1.54) is 17.2 Å². The molecule has 0 fully saturated rings. The van der Waals surface area contributed by atoms with Crippen LogP contribution < -0.4 is 5.32 Å². The fourth-order valence-corrected chi connectivity index (χ4v) is 1.39. The predicted molar refractivity (Wildman–Crippen MR) is 71.3 cm³/mol. The smallest absolute Gasteiger partial charge is 0.412 e. The molecule has 9 heteroatoms. The molecule has 0 aromatic rings. The summed E-state index contributed by atoms with van der Waals surface area (Å²) in [5, 5.41) is 11.5. The number of hydrogen-bond donors (Lipinski definition) is 1. The lowest BCUT2D eigenvalue weighted by atomic mass is 10.2. The van der Waals surface area contributed by atoms with Crippen LogP contribution in [0.1, 0.15) is 20.8 Å². The molecule has 1 heterocycles. The first-order chi connectivity index (χ1) is 9.67. The maximum atomic E-state index is 11.5. The van der Waals surface area contributed by atoms with E-state index in [2.05, 4.69) is 10.2 Å². The highest BCUT2D eigenvalue weighted by Gasteiger charge is 2.18. The van der Waals surface area contributed by atoms with E-state index in [4.69, 9.17) is 4.74 Å². The lowest BCUT2D eigenvalue weighted by molar-refractivity contribution is -0.754. The summed E-state index contributed by atoms with van der Waals surface area (Å²) in [6.45, 7) is 4.75. The first-order valence-corrected chi connectivity index (χ1v) is 6.12. The molecule has 0 saturated carbocycles. The van der Waals surface area contributed by atoms with Gasteiger partial charge in [0, 0.05) is 18.4 Å². The molecule has 0 aromatic heterocycles. The first kappa shape index (κ1) is 16.5. The summed E-state index contributed by atoms with van der Waals surface area (Å²) in [5.41, 5.74) is -0.131. The van der Waals surface area contributed by atoms with Crippen molar-refractivity contribution in [2.75, 3.05) is 13.2 Å². The van der Waals surface area contributed by atoms with Crippen molar-refractivity contribution in [1.82, 2.24) is 10.2 Å². The van der Waals surface area contributed by atoms with Gasteiger partial charge in [0.15, 0.2) is 6.61 Å². The molecule has 0 aromatic carbocycles. The van der Waals surface area contributed by atoms with Crippen LogP contribution in [-0.4, -0.2) is 40.7 Å². The Morgan fingerprint density at radius 2 is 2.14 bits per heavy atom. The fraction of sp³-hybridized carbons (Fsp3) is 0.500. The Hall–Kier alpha value is -2.58. The molecular formula is C12H17N3O6. The van der Waals surface area contributed by atoms with Gasteiger partial charge in [-0.15, -0.1) is 10.1 Å². The number of hydrogen-bond acceptors (Lipinski definition) is 6. The number of nitrogens with zero attached hydrogens (tertiary/aromatic N) is 2. The van der Waals surface area contributed by atoms with E-state index in [0.717, 1.165) is 0 Å². The number of carbonyl (C=O) groups excluding carboxylic acids is 2. The van der Waals surface area contributed by atoms with Crippen LogP contribution >= 0.6 is 0 Å². The SMILES string of the molecule is CC(C)(C)OC(=O)NC1=CCN(C(=O)CO[N+](=O)[O-])C=C1. The molecule has 0 unspecified atom stereocenters. The van der Waals surface area contributed by atoms with E-state index in [1.54, 1.807) is 26.8 Å². The molecule has 0 atom stereocenters. The van der Waals surface area contributed by atoms with Crippen molar-refractivity contribution < 1.29 is 24.3 Å². The van der Waals surface area contributed by atoms with Crippen molar-refractivity contribution in [3.05, 3.63) is 34.2 Å². The van der Waals surface area contributed by atoms with Gasteiger partial charge < -0.3 is 14.5 Å². The molecule has 1 N–H and O–H groups in total. The maximum Gasteiger partial charge on any atom is 0.412 e. The van der Waals surface area contributed by atoms with E-state index >= 15 is 0 Å². The Kier molecular flexibility index (Phi) is 5.28. The van der Waals surface area contributed by atoms with Gasteiger partial charge in [0.25, 0.3) is 11.0 Å². The minimum Gasteiger partial charge on any atom is -0.444 e. The Morgan fingerprint density at radius 1 is 1.48 bits per heavy atom. The second kappa shape index (κ2) is 6.73. The number of ether oxygens (including phenoxy) is 1. The molecular weight excluding hydrogens is 282 g/mol. The molecule has 116 valence electrons. The molecule has 1 aliphatic rings. The molecule has 9 nitrogen and oxygen atoms in total. The summed E-state index contributed by atoms with van der Waals surface area (Å²) in [5.74, 6) is -0.560.